The summed E-state index contributed by atoms with van der Waals surface area (Å²) < 4.78 is 25.4. The van der Waals surface area contributed by atoms with Crippen LogP contribution in [-0.2, 0) is 10.0 Å². The third kappa shape index (κ3) is 2.66. The molecule has 0 radical (unpaired) electrons. The van der Waals surface area contributed by atoms with Gasteiger partial charge in [-0.1, -0.05) is 12.1 Å². The average molecular weight is 313 g/mol. The fourth-order valence-corrected chi connectivity index (χ4v) is 3.14. The number of para-hydroxylation sites is 1. The van der Waals surface area contributed by atoms with Crippen LogP contribution < -0.4 is 5.14 Å². The highest BCUT2D eigenvalue weighted by Gasteiger charge is 2.16. The molecule has 0 amide bonds. The summed E-state index contributed by atoms with van der Waals surface area (Å²) in [6.45, 7) is 1.96. The smallest absolute Gasteiger partial charge is 0.240 e. The number of nitrogens with zero attached hydrogens (tertiary/aromatic N) is 2. The molecule has 2 N–H and O–H groups in total. The maximum atomic E-state index is 11.8. The molecule has 0 atom stereocenters. The van der Waals surface area contributed by atoms with Crippen LogP contribution in [-0.4, -0.2) is 18.0 Å². The van der Waals surface area contributed by atoms with Crippen LogP contribution in [0.2, 0.25) is 0 Å². The molecule has 0 fully saturated rings. The number of primary sulfonamides is 1. The summed E-state index contributed by atoms with van der Waals surface area (Å²) in [6, 6.07) is 12.4. The third-order valence-corrected chi connectivity index (χ3v) is 4.31. The van der Waals surface area contributed by atoms with Crippen LogP contribution in [0.1, 0.15) is 5.56 Å². The Kier molecular flexibility index (Phi) is 3.56. The highest BCUT2D eigenvalue weighted by Crippen LogP contribution is 2.27. The number of sulfonamides is 1. The van der Waals surface area contributed by atoms with Gasteiger partial charge in [0.25, 0.3) is 0 Å². The minimum atomic E-state index is -3.80. The summed E-state index contributed by atoms with van der Waals surface area (Å²) in [5, 5.41) is 5.32. The molecule has 0 saturated heterocycles. The molecule has 2 heterocycles. The zero-order valence-corrected chi connectivity index (χ0v) is 12.8. The first-order chi connectivity index (χ1) is 10.5. The van der Waals surface area contributed by atoms with Gasteiger partial charge in [0.2, 0.25) is 10.0 Å². The first-order valence-electron chi connectivity index (χ1n) is 6.68. The maximum absolute atomic E-state index is 11.8. The Morgan fingerprint density at radius 2 is 1.86 bits per heavy atom. The Labute approximate surface area is 129 Å². The van der Waals surface area contributed by atoms with Gasteiger partial charge in [0.05, 0.1) is 11.4 Å². The molecule has 5 nitrogen and oxygen atoms in total. The van der Waals surface area contributed by atoms with Crippen LogP contribution in [0.4, 0.5) is 0 Å². The fourth-order valence-electron chi connectivity index (χ4n) is 2.42. The van der Waals surface area contributed by atoms with Gasteiger partial charge in [-0.25, -0.2) is 13.6 Å². The minimum absolute atomic E-state index is 0.0908. The van der Waals surface area contributed by atoms with Gasteiger partial charge in [-0.3, -0.25) is 4.98 Å². The van der Waals surface area contributed by atoms with Gasteiger partial charge < -0.3 is 4.57 Å². The summed E-state index contributed by atoms with van der Waals surface area (Å²) in [6.07, 6.45) is 5.33. The Morgan fingerprint density at radius 3 is 2.59 bits per heavy atom. The molecule has 3 rings (SSSR count). The zero-order chi connectivity index (χ0) is 15.7. The van der Waals surface area contributed by atoms with Gasteiger partial charge in [0, 0.05) is 24.2 Å². The standard InChI is InChI=1S/C16H15N3O2S/c1-12-9-13(11-18-10-12)14-6-4-8-19(14)15-5-2-3-7-16(15)22(17,20)21/h2-11H,1H3,(H2,17,20,21). The maximum Gasteiger partial charge on any atom is 0.240 e. The van der Waals surface area contributed by atoms with E-state index >= 15 is 0 Å². The lowest BCUT2D eigenvalue weighted by Gasteiger charge is -2.13. The number of nitrogens with two attached hydrogens (primary N) is 1. The minimum Gasteiger partial charge on any atom is -0.315 e. The molecular weight excluding hydrogens is 298 g/mol. The molecule has 2 aromatic heterocycles. The fraction of sp³-hybridized carbons (Fsp3) is 0.0625. The van der Waals surface area contributed by atoms with Gasteiger partial charge in [0.1, 0.15) is 4.90 Å². The lowest BCUT2D eigenvalue weighted by molar-refractivity contribution is 0.597. The molecule has 3 aromatic rings. The predicted octanol–water partition coefficient (Wildman–Crippen LogP) is 2.50. The van der Waals surface area contributed by atoms with E-state index in [1.165, 1.54) is 6.07 Å². The van der Waals surface area contributed by atoms with Crippen molar-refractivity contribution >= 4 is 10.0 Å². The van der Waals surface area contributed by atoms with Gasteiger partial charge in [-0.15, -0.1) is 0 Å². The van der Waals surface area contributed by atoms with E-state index in [1.54, 1.807) is 35.2 Å². The van der Waals surface area contributed by atoms with E-state index in [0.29, 0.717) is 5.69 Å². The van der Waals surface area contributed by atoms with Crippen LogP contribution >= 0.6 is 0 Å². The van der Waals surface area contributed by atoms with Crippen LogP contribution in [0.3, 0.4) is 0 Å². The number of aromatic nitrogens is 2. The largest absolute Gasteiger partial charge is 0.315 e. The number of aryl methyl sites for hydroxylation is 1. The van der Waals surface area contributed by atoms with Crippen LogP contribution in [0.5, 0.6) is 0 Å². The van der Waals surface area contributed by atoms with Crippen molar-refractivity contribution in [3.05, 3.63) is 66.6 Å². The second-order valence-corrected chi connectivity index (χ2v) is 6.56. The number of rotatable bonds is 3. The number of hydrogen-bond acceptors (Lipinski definition) is 3. The van der Waals surface area contributed by atoms with E-state index in [4.69, 9.17) is 5.14 Å². The van der Waals surface area contributed by atoms with Gasteiger partial charge in [-0.2, -0.15) is 0 Å². The summed E-state index contributed by atoms with van der Waals surface area (Å²) in [4.78, 5) is 4.28. The Hall–Kier alpha value is -2.44. The van der Waals surface area contributed by atoms with Crippen LogP contribution in [0.25, 0.3) is 16.9 Å². The first-order valence-corrected chi connectivity index (χ1v) is 8.23. The molecule has 0 bridgehead atoms. The third-order valence-electron chi connectivity index (χ3n) is 3.35. The molecule has 0 saturated carbocycles. The normalized spacial score (nSPS) is 11.5. The molecule has 0 unspecified atom stereocenters. The van der Waals surface area contributed by atoms with Crippen molar-refractivity contribution in [1.29, 1.82) is 0 Å². The highest BCUT2D eigenvalue weighted by molar-refractivity contribution is 7.89. The Balaban J connectivity index is 2.23. The van der Waals surface area contributed by atoms with Gasteiger partial charge in [-0.05, 0) is 42.8 Å². The molecule has 0 aliphatic rings. The topological polar surface area (TPSA) is 78.0 Å². The van der Waals surface area contributed by atoms with Crippen molar-refractivity contribution in [2.45, 2.75) is 11.8 Å². The van der Waals surface area contributed by atoms with Crippen molar-refractivity contribution in [3.63, 3.8) is 0 Å². The second-order valence-electron chi connectivity index (χ2n) is 5.03. The number of hydrogen-bond donors (Lipinski definition) is 1. The predicted molar refractivity (Wildman–Crippen MR) is 85.1 cm³/mol. The quantitative estimate of drug-likeness (QED) is 0.807. The van der Waals surface area contributed by atoms with Gasteiger partial charge in [0.15, 0.2) is 0 Å². The van der Waals surface area contributed by atoms with Crippen LogP contribution in [0.15, 0.2) is 66.0 Å². The lowest BCUT2D eigenvalue weighted by Crippen LogP contribution is -2.15. The lowest BCUT2D eigenvalue weighted by atomic mass is 10.1. The molecular formula is C16H15N3O2S. The first kappa shape index (κ1) is 14.5. The summed E-state index contributed by atoms with van der Waals surface area (Å²) >= 11 is 0. The van der Waals surface area contributed by atoms with Crippen molar-refractivity contribution < 1.29 is 8.42 Å². The number of benzene rings is 1. The Bertz CT molecular complexity index is 930. The van der Waals surface area contributed by atoms with E-state index in [2.05, 4.69) is 4.98 Å². The monoisotopic (exact) mass is 313 g/mol. The zero-order valence-electron chi connectivity index (χ0n) is 12.0. The van der Waals surface area contributed by atoms with Crippen LogP contribution in [0, 0.1) is 6.92 Å². The molecule has 0 spiro atoms. The molecule has 0 aliphatic heterocycles. The van der Waals surface area contributed by atoms with Crippen molar-refractivity contribution in [2.24, 2.45) is 5.14 Å². The van der Waals surface area contributed by atoms with E-state index in [-0.39, 0.29) is 4.90 Å². The molecule has 1 aromatic carbocycles. The SMILES string of the molecule is Cc1cncc(-c2cccn2-c2ccccc2S(N)(=O)=O)c1. The summed E-state index contributed by atoms with van der Waals surface area (Å²) in [5.41, 5.74) is 3.32. The summed E-state index contributed by atoms with van der Waals surface area (Å²) in [5.74, 6) is 0. The molecule has 6 heteroatoms. The Morgan fingerprint density at radius 1 is 1.09 bits per heavy atom. The summed E-state index contributed by atoms with van der Waals surface area (Å²) in [7, 11) is -3.80. The highest BCUT2D eigenvalue weighted by atomic mass is 32.2. The molecule has 112 valence electrons. The number of pyridine rings is 1. The van der Waals surface area contributed by atoms with Crippen molar-refractivity contribution in [3.8, 4) is 16.9 Å². The van der Waals surface area contributed by atoms with E-state index < -0.39 is 10.0 Å². The van der Waals surface area contributed by atoms with Crippen molar-refractivity contribution in [2.75, 3.05) is 0 Å². The molecule has 22 heavy (non-hydrogen) atoms. The van der Waals surface area contributed by atoms with E-state index in [0.717, 1.165) is 16.8 Å². The van der Waals surface area contributed by atoms with E-state index in [9.17, 15) is 8.42 Å². The average Bonchev–Trinajstić information content (AvgIpc) is 2.95. The van der Waals surface area contributed by atoms with E-state index in [1.807, 2.05) is 31.3 Å². The molecule has 0 aliphatic carbocycles. The second kappa shape index (κ2) is 5.40. The van der Waals surface area contributed by atoms with Gasteiger partial charge >= 0.3 is 0 Å². The van der Waals surface area contributed by atoms with Crippen molar-refractivity contribution in [1.82, 2.24) is 9.55 Å².